The molecule has 0 fully saturated rings. The molecular weight excluding hydrogens is 791 g/mol. The Morgan fingerprint density at radius 3 is 1.04 bits per heavy atom. The lowest BCUT2D eigenvalue weighted by atomic mass is 9.94. The number of ether oxygens (including phenoxy) is 2. The first-order valence-corrected chi connectivity index (χ1v) is 27.0. The van der Waals surface area contributed by atoms with Crippen LogP contribution in [0.2, 0.25) is 33.2 Å². The molecule has 0 radical (unpaired) electrons. The van der Waals surface area contributed by atoms with Gasteiger partial charge in [0.15, 0.2) is 0 Å². The fourth-order valence-corrected chi connectivity index (χ4v) is 33.1. The monoisotopic (exact) mass is 846 g/mol. The van der Waals surface area contributed by atoms with Crippen LogP contribution in [0.3, 0.4) is 0 Å². The summed E-state index contributed by atoms with van der Waals surface area (Å²) in [4.78, 5) is 28.2. The minimum Gasteiger partial charge on any atom is -0.462 e. The van der Waals surface area contributed by atoms with Gasteiger partial charge in [-0.1, -0.05) is 83.1 Å². The Bertz CT molecular complexity index is 1910. The predicted molar refractivity (Wildman–Crippen MR) is 237 cm³/mol. The van der Waals surface area contributed by atoms with E-state index < -0.39 is 50.8 Å². The highest BCUT2D eigenvalue weighted by Crippen LogP contribution is 2.50. The van der Waals surface area contributed by atoms with Gasteiger partial charge >= 0.3 is 11.9 Å². The summed E-state index contributed by atoms with van der Waals surface area (Å²) >= 11 is 6.09. The Balaban J connectivity index is 1.77. The number of rotatable bonds is 14. The van der Waals surface area contributed by atoms with Crippen LogP contribution >= 0.6 is 45.3 Å². The lowest BCUT2D eigenvalue weighted by molar-refractivity contribution is 0.0504. The molecular formula is C42H56F2O4S4Si2. The van der Waals surface area contributed by atoms with Crippen LogP contribution in [-0.2, 0) is 9.47 Å². The van der Waals surface area contributed by atoms with Crippen molar-refractivity contribution in [2.24, 2.45) is 0 Å². The van der Waals surface area contributed by atoms with Crippen LogP contribution in [-0.4, -0.2) is 41.3 Å². The van der Waals surface area contributed by atoms with Crippen LogP contribution in [0.5, 0.6) is 0 Å². The molecule has 0 aliphatic rings. The number of fused-ring (bicyclic) bond motifs is 2. The van der Waals surface area contributed by atoms with Crippen molar-refractivity contribution < 1.29 is 27.8 Å². The van der Waals surface area contributed by atoms with E-state index in [4.69, 9.17) is 9.47 Å². The van der Waals surface area contributed by atoms with Crippen LogP contribution in [0.1, 0.15) is 118 Å². The Kier molecular flexibility index (Phi) is 13.0. The van der Waals surface area contributed by atoms with Gasteiger partial charge in [0, 0.05) is 39.7 Å². The van der Waals surface area contributed by atoms with Crippen molar-refractivity contribution >= 4 is 101 Å². The Morgan fingerprint density at radius 1 is 0.519 bits per heavy atom. The number of thiophene rings is 4. The molecule has 0 atom stereocenters. The van der Waals surface area contributed by atoms with Crippen molar-refractivity contribution in [3.05, 3.63) is 47.0 Å². The Labute approximate surface area is 338 Å². The normalized spacial score (nSPS) is 13.0. The summed E-state index contributed by atoms with van der Waals surface area (Å²) in [5, 5.41) is 0. The number of carbonyl (C=O) groups is 2. The first-order chi connectivity index (χ1) is 25.3. The third kappa shape index (κ3) is 6.82. The van der Waals surface area contributed by atoms with Crippen LogP contribution in [0.15, 0.2) is 24.3 Å². The zero-order valence-corrected chi connectivity index (χ0v) is 39.5. The molecule has 0 unspecified atom stereocenters. The number of hydrogen-bond acceptors (Lipinski definition) is 8. The lowest BCUT2D eigenvalue weighted by Crippen LogP contribution is -2.54. The van der Waals surface area contributed by atoms with E-state index in [1.807, 2.05) is 12.1 Å². The predicted octanol–water partition coefficient (Wildman–Crippen LogP) is 14.0. The van der Waals surface area contributed by atoms with E-state index in [2.05, 4.69) is 95.2 Å². The number of halogens is 2. The van der Waals surface area contributed by atoms with Gasteiger partial charge in [0.05, 0.1) is 13.2 Å². The zero-order chi connectivity index (χ0) is 40.2. The van der Waals surface area contributed by atoms with Gasteiger partial charge in [-0.15, -0.1) is 45.3 Å². The largest absolute Gasteiger partial charge is 0.462 e. The second-order valence-electron chi connectivity index (χ2n) is 16.3. The summed E-state index contributed by atoms with van der Waals surface area (Å²) in [6.07, 6.45) is 0. The fourth-order valence-electron chi connectivity index (χ4n) is 9.99. The summed E-state index contributed by atoms with van der Waals surface area (Å²) in [7, 11) is -3.93. The molecule has 12 heteroatoms. The summed E-state index contributed by atoms with van der Waals surface area (Å²) < 4.78 is 52.1. The lowest BCUT2D eigenvalue weighted by Gasteiger charge is -2.42. The third-order valence-corrected chi connectivity index (χ3v) is 32.3. The quantitative estimate of drug-likeness (QED) is 0.0825. The maximum atomic E-state index is 17.4. The summed E-state index contributed by atoms with van der Waals surface area (Å²) in [6.45, 7) is 31.1. The van der Waals surface area contributed by atoms with E-state index in [9.17, 15) is 9.59 Å². The van der Waals surface area contributed by atoms with E-state index in [0.717, 1.165) is 18.8 Å². The molecule has 294 valence electrons. The Hall–Kier alpha value is -2.23. The SMILES string of the molecule is CCOC(=O)c1c(F)c(-c2cc3sc([Si](C(C)C)(C(C)C)C(C)C)cc3s2)c(C(=O)OCC)c(F)c1-c1cc2sc([Si](C(C)C)(C(C)C)C(C)C)cc2s1. The van der Waals surface area contributed by atoms with Crippen LogP contribution in [0.4, 0.5) is 8.78 Å². The van der Waals surface area contributed by atoms with Gasteiger partial charge in [-0.3, -0.25) is 0 Å². The first-order valence-electron chi connectivity index (χ1n) is 19.3. The summed E-state index contributed by atoms with van der Waals surface area (Å²) in [5.41, 5.74) is 1.56. The minimum absolute atomic E-state index is 0.0196. The van der Waals surface area contributed by atoms with E-state index >= 15 is 8.78 Å². The van der Waals surface area contributed by atoms with Gasteiger partial charge in [0.1, 0.15) is 38.9 Å². The molecule has 0 N–H and O–H groups in total. The fraction of sp³-hybridized carbons (Fsp3) is 0.524. The van der Waals surface area contributed by atoms with Crippen LogP contribution in [0, 0.1) is 11.6 Å². The molecule has 5 rings (SSSR count). The topological polar surface area (TPSA) is 52.6 Å². The second-order valence-corrected chi connectivity index (χ2v) is 33.1. The van der Waals surface area contributed by atoms with Crippen molar-refractivity contribution in [2.75, 3.05) is 13.2 Å². The molecule has 0 bridgehead atoms. The second kappa shape index (κ2) is 16.3. The zero-order valence-electron chi connectivity index (χ0n) is 34.2. The average Bonchev–Trinajstić information content (AvgIpc) is 3.82. The van der Waals surface area contributed by atoms with Gasteiger partial charge < -0.3 is 9.47 Å². The summed E-state index contributed by atoms with van der Waals surface area (Å²) in [5.74, 6) is -3.88. The molecule has 4 heterocycles. The molecule has 1 aromatic carbocycles. The minimum atomic E-state index is -1.96. The van der Waals surface area contributed by atoms with Gasteiger partial charge in [0.25, 0.3) is 0 Å². The number of esters is 2. The molecule has 0 aliphatic heterocycles. The van der Waals surface area contributed by atoms with Crippen molar-refractivity contribution in [2.45, 2.75) is 130 Å². The Morgan fingerprint density at radius 2 is 0.796 bits per heavy atom. The van der Waals surface area contributed by atoms with Crippen LogP contribution in [0.25, 0.3) is 39.7 Å². The maximum Gasteiger partial charge on any atom is 0.341 e. The third-order valence-electron chi connectivity index (χ3n) is 11.8. The van der Waals surface area contributed by atoms with E-state index in [0.29, 0.717) is 43.0 Å². The van der Waals surface area contributed by atoms with Gasteiger partial charge in [-0.05, 0) is 80.4 Å². The van der Waals surface area contributed by atoms with E-state index in [1.54, 1.807) is 36.5 Å². The van der Waals surface area contributed by atoms with Gasteiger partial charge in [0.2, 0.25) is 0 Å². The molecule has 0 saturated heterocycles. The first kappa shape index (κ1) is 42.9. The van der Waals surface area contributed by atoms with E-state index in [1.165, 1.54) is 31.7 Å². The van der Waals surface area contributed by atoms with Crippen molar-refractivity contribution in [1.29, 1.82) is 0 Å². The molecule has 0 amide bonds. The molecule has 4 aromatic heterocycles. The maximum absolute atomic E-state index is 17.4. The smallest absolute Gasteiger partial charge is 0.341 e. The van der Waals surface area contributed by atoms with E-state index in [-0.39, 0.29) is 24.3 Å². The molecule has 4 nitrogen and oxygen atoms in total. The molecule has 5 aromatic rings. The molecule has 0 spiro atoms. The number of carbonyl (C=O) groups excluding carboxylic acids is 2. The summed E-state index contributed by atoms with van der Waals surface area (Å²) in [6, 6.07) is 8.17. The van der Waals surface area contributed by atoms with Gasteiger partial charge in [-0.2, -0.15) is 0 Å². The molecule has 0 aliphatic carbocycles. The number of hydrogen-bond donors (Lipinski definition) is 0. The van der Waals surface area contributed by atoms with Crippen molar-refractivity contribution in [3.63, 3.8) is 0 Å². The van der Waals surface area contributed by atoms with Crippen molar-refractivity contribution in [1.82, 2.24) is 0 Å². The highest BCUT2D eigenvalue weighted by atomic mass is 32.1. The molecule has 0 saturated carbocycles. The number of benzene rings is 1. The molecule has 54 heavy (non-hydrogen) atoms. The highest BCUT2D eigenvalue weighted by molar-refractivity contribution is 7.37. The van der Waals surface area contributed by atoms with Gasteiger partial charge in [-0.25, -0.2) is 18.4 Å². The average molecular weight is 847 g/mol. The van der Waals surface area contributed by atoms with Crippen LogP contribution < -0.4 is 9.00 Å². The van der Waals surface area contributed by atoms with Crippen molar-refractivity contribution in [3.8, 4) is 20.9 Å². The highest BCUT2D eigenvalue weighted by Gasteiger charge is 2.47. The standard InChI is InChI=1S/C42H56F2O4S4Si2/c1-15-47-41(45)37-35(31-17-27-29(49-31)19-33(51-27)53(21(3)4,22(5)6)23(7)8)40(44)38(42(46)48-16-2)36(39(37)43)32-18-28-30(50-32)20-34(52-28)54(24(9)10,25(11)12)26(13)14/h17-26H,15-16H2,1-14H3.